The molecule has 1 aliphatic rings. The molecule has 20 heavy (non-hydrogen) atoms. The number of rotatable bonds is 6. The van der Waals surface area contributed by atoms with Crippen LogP contribution in [0, 0.1) is 5.92 Å². The van der Waals surface area contributed by atoms with E-state index in [0.29, 0.717) is 13.2 Å². The number of carbonyl (C=O) groups excluding carboxylic acids is 1. The third-order valence-electron chi connectivity index (χ3n) is 3.52. The fourth-order valence-electron chi connectivity index (χ4n) is 2.40. The first-order valence-electron chi connectivity index (χ1n) is 7.13. The van der Waals surface area contributed by atoms with E-state index in [2.05, 4.69) is 10.3 Å². The van der Waals surface area contributed by atoms with Crippen LogP contribution in [0.5, 0.6) is 0 Å². The van der Waals surface area contributed by atoms with Crippen molar-refractivity contribution in [1.29, 1.82) is 0 Å². The van der Waals surface area contributed by atoms with Crippen molar-refractivity contribution in [2.24, 2.45) is 5.92 Å². The first kappa shape index (κ1) is 15.4. The summed E-state index contributed by atoms with van der Waals surface area (Å²) >= 11 is 1.60. The first-order chi connectivity index (χ1) is 9.61. The highest BCUT2D eigenvalue weighted by Gasteiger charge is 2.25. The Morgan fingerprint density at radius 2 is 2.50 bits per heavy atom. The van der Waals surface area contributed by atoms with E-state index in [-0.39, 0.29) is 17.9 Å². The highest BCUT2D eigenvalue weighted by Crippen LogP contribution is 2.22. The van der Waals surface area contributed by atoms with Gasteiger partial charge in [0.05, 0.1) is 18.2 Å². The highest BCUT2D eigenvalue weighted by atomic mass is 32.1. The van der Waals surface area contributed by atoms with Crippen molar-refractivity contribution < 1.29 is 9.53 Å². The molecule has 0 saturated carbocycles. The molecule has 0 radical (unpaired) electrons. The van der Waals surface area contributed by atoms with Crippen LogP contribution in [-0.2, 0) is 16.1 Å². The van der Waals surface area contributed by atoms with E-state index in [0.717, 1.165) is 30.2 Å². The summed E-state index contributed by atoms with van der Waals surface area (Å²) in [5, 5.41) is 6.22. The number of ether oxygens (including phenoxy) is 1. The molecular weight excluding hydrogens is 274 g/mol. The van der Waals surface area contributed by atoms with E-state index >= 15 is 0 Å². The normalized spacial score (nSPS) is 20.1. The van der Waals surface area contributed by atoms with E-state index < -0.39 is 0 Å². The van der Waals surface area contributed by atoms with Gasteiger partial charge in [0, 0.05) is 25.6 Å². The zero-order valence-corrected chi connectivity index (χ0v) is 13.2. The van der Waals surface area contributed by atoms with E-state index in [9.17, 15) is 4.79 Å². The quantitative estimate of drug-likeness (QED) is 0.870. The zero-order valence-electron chi connectivity index (χ0n) is 12.4. The maximum Gasteiger partial charge on any atom is 0.227 e. The van der Waals surface area contributed by atoms with Gasteiger partial charge in [-0.3, -0.25) is 4.79 Å². The van der Waals surface area contributed by atoms with Crippen LogP contribution in [0.3, 0.4) is 0 Å². The maximum atomic E-state index is 12.2. The van der Waals surface area contributed by atoms with Gasteiger partial charge in [-0.2, -0.15) is 0 Å². The Balaban J connectivity index is 1.90. The number of hydrogen-bond donors (Lipinski definition) is 1. The van der Waals surface area contributed by atoms with E-state index in [1.54, 1.807) is 16.2 Å². The lowest BCUT2D eigenvalue weighted by Crippen LogP contribution is -2.33. The van der Waals surface area contributed by atoms with Crippen LogP contribution < -0.4 is 5.32 Å². The lowest BCUT2D eigenvalue weighted by Gasteiger charge is -2.19. The summed E-state index contributed by atoms with van der Waals surface area (Å²) < 4.78 is 5.53. The van der Waals surface area contributed by atoms with Gasteiger partial charge in [0.15, 0.2) is 0 Å². The van der Waals surface area contributed by atoms with Crippen molar-refractivity contribution in [3.63, 3.8) is 0 Å². The molecule has 0 bridgehead atoms. The molecule has 2 unspecified atom stereocenters. The number of nitrogens with zero attached hydrogens (tertiary/aromatic N) is 2. The smallest absolute Gasteiger partial charge is 0.227 e. The first-order valence-corrected chi connectivity index (χ1v) is 8.01. The van der Waals surface area contributed by atoms with Crippen LogP contribution in [0.2, 0.25) is 0 Å². The van der Waals surface area contributed by atoms with Gasteiger partial charge in [-0.05, 0) is 26.8 Å². The van der Waals surface area contributed by atoms with Crippen LogP contribution >= 0.6 is 11.3 Å². The molecule has 1 N–H and O–H groups in total. The molecule has 1 aromatic rings. The van der Waals surface area contributed by atoms with Crippen molar-refractivity contribution in [2.45, 2.75) is 32.9 Å². The monoisotopic (exact) mass is 297 g/mol. The van der Waals surface area contributed by atoms with Crippen molar-refractivity contribution in [1.82, 2.24) is 15.2 Å². The molecule has 6 heteroatoms. The molecule has 1 amide bonds. The number of amides is 1. The molecule has 112 valence electrons. The second kappa shape index (κ2) is 7.15. The van der Waals surface area contributed by atoms with E-state index in [1.165, 1.54) is 0 Å². The number of aromatic nitrogens is 1. The van der Waals surface area contributed by atoms with Crippen molar-refractivity contribution >= 4 is 17.2 Å². The Morgan fingerprint density at radius 1 is 1.70 bits per heavy atom. The van der Waals surface area contributed by atoms with Crippen LogP contribution in [-0.4, -0.2) is 42.5 Å². The average Bonchev–Trinajstić information content (AvgIpc) is 3.09. The molecule has 5 nitrogen and oxygen atoms in total. The van der Waals surface area contributed by atoms with Gasteiger partial charge in [-0.1, -0.05) is 0 Å². The zero-order chi connectivity index (χ0) is 14.5. The van der Waals surface area contributed by atoms with Crippen LogP contribution in [0.1, 0.15) is 37.1 Å². The topological polar surface area (TPSA) is 54.5 Å². The van der Waals surface area contributed by atoms with Crippen LogP contribution in [0.4, 0.5) is 0 Å². The van der Waals surface area contributed by atoms with Gasteiger partial charge < -0.3 is 15.0 Å². The van der Waals surface area contributed by atoms with Crippen LogP contribution in [0.25, 0.3) is 0 Å². The Kier molecular flexibility index (Phi) is 5.51. The largest absolute Gasteiger partial charge is 0.372 e. The van der Waals surface area contributed by atoms with Gasteiger partial charge in [0.1, 0.15) is 11.1 Å². The predicted molar refractivity (Wildman–Crippen MR) is 79.6 cm³/mol. The van der Waals surface area contributed by atoms with Gasteiger partial charge >= 0.3 is 0 Å². The molecule has 1 saturated heterocycles. The van der Waals surface area contributed by atoms with Gasteiger partial charge in [0.2, 0.25) is 5.91 Å². The highest BCUT2D eigenvalue weighted by molar-refractivity contribution is 7.09. The lowest BCUT2D eigenvalue weighted by atomic mass is 10.1. The third-order valence-corrected chi connectivity index (χ3v) is 4.57. The summed E-state index contributed by atoms with van der Waals surface area (Å²) in [6, 6.07) is 0. The van der Waals surface area contributed by atoms with Gasteiger partial charge in [0.25, 0.3) is 0 Å². The average molecular weight is 297 g/mol. The Labute approximate surface area is 124 Å². The van der Waals surface area contributed by atoms with Crippen molar-refractivity contribution in [3.05, 3.63) is 16.1 Å². The van der Waals surface area contributed by atoms with Crippen molar-refractivity contribution in [2.75, 3.05) is 26.7 Å². The minimum absolute atomic E-state index is 0.0267. The summed E-state index contributed by atoms with van der Waals surface area (Å²) in [7, 11) is 1.85. The number of nitrogens with one attached hydrogen (secondary N) is 1. The predicted octanol–water partition coefficient (Wildman–Crippen LogP) is 1.81. The molecular formula is C14H23N3O2S. The minimum atomic E-state index is 0.0267. The Morgan fingerprint density at radius 3 is 3.15 bits per heavy atom. The standard InChI is InChI=1S/C14H23N3O2S/c1-4-19-10(2)13-16-12(9-20-13)8-17(3)14(18)11-5-6-15-7-11/h9-11,15H,4-8H2,1-3H3. The van der Waals surface area contributed by atoms with Gasteiger partial charge in [-0.15, -0.1) is 11.3 Å². The molecule has 1 aromatic heterocycles. The molecule has 2 heterocycles. The molecule has 2 atom stereocenters. The molecule has 0 aliphatic carbocycles. The second-order valence-electron chi connectivity index (χ2n) is 5.16. The molecule has 1 fully saturated rings. The summed E-state index contributed by atoms with van der Waals surface area (Å²) in [4.78, 5) is 18.6. The van der Waals surface area contributed by atoms with Crippen molar-refractivity contribution in [3.8, 4) is 0 Å². The third kappa shape index (κ3) is 3.77. The summed E-state index contributed by atoms with van der Waals surface area (Å²) in [6.07, 6.45) is 0.964. The Hall–Kier alpha value is -0.980. The fraction of sp³-hybridized carbons (Fsp3) is 0.714. The number of hydrogen-bond acceptors (Lipinski definition) is 5. The number of carbonyl (C=O) groups is 1. The lowest BCUT2D eigenvalue weighted by molar-refractivity contribution is -0.134. The minimum Gasteiger partial charge on any atom is -0.372 e. The van der Waals surface area contributed by atoms with E-state index in [4.69, 9.17) is 4.74 Å². The number of thiazole rings is 1. The summed E-state index contributed by atoms with van der Waals surface area (Å²) in [5.41, 5.74) is 0.943. The fourth-order valence-corrected chi connectivity index (χ4v) is 3.21. The molecule has 1 aliphatic heterocycles. The molecule has 0 spiro atoms. The summed E-state index contributed by atoms with van der Waals surface area (Å²) in [5.74, 6) is 0.336. The van der Waals surface area contributed by atoms with Gasteiger partial charge in [-0.25, -0.2) is 4.98 Å². The van der Waals surface area contributed by atoms with E-state index in [1.807, 2.05) is 26.3 Å². The Bertz CT molecular complexity index is 443. The summed E-state index contributed by atoms with van der Waals surface area (Å²) in [6.45, 7) is 6.98. The molecule has 0 aromatic carbocycles. The molecule has 2 rings (SSSR count). The second-order valence-corrected chi connectivity index (χ2v) is 6.05. The maximum absolute atomic E-state index is 12.2. The SMILES string of the molecule is CCOC(C)c1nc(CN(C)C(=O)C2CCNC2)cs1. The van der Waals surface area contributed by atoms with Crippen LogP contribution in [0.15, 0.2) is 5.38 Å².